The lowest BCUT2D eigenvalue weighted by Gasteiger charge is -2.30. The maximum absolute atomic E-state index is 10.1. The van der Waals surface area contributed by atoms with Crippen LogP contribution in [-0.2, 0) is 17.7 Å². The molecular weight excluding hydrogens is 250 g/mol. The molecule has 1 aromatic rings. The highest BCUT2D eigenvalue weighted by Gasteiger charge is 2.20. The predicted molar refractivity (Wildman–Crippen MR) is 79.6 cm³/mol. The van der Waals surface area contributed by atoms with Gasteiger partial charge in [0.2, 0.25) is 0 Å². The summed E-state index contributed by atoms with van der Waals surface area (Å²) in [4.78, 5) is 2.34. The molecule has 1 heterocycles. The first-order chi connectivity index (χ1) is 9.81. The normalized spacial score (nSPS) is 21.9. The van der Waals surface area contributed by atoms with Gasteiger partial charge in [-0.05, 0) is 30.4 Å². The number of rotatable bonds is 5. The van der Waals surface area contributed by atoms with Crippen molar-refractivity contribution in [3.05, 3.63) is 35.4 Å². The second-order valence-corrected chi connectivity index (χ2v) is 6.15. The van der Waals surface area contributed by atoms with Crippen LogP contribution >= 0.6 is 0 Å². The van der Waals surface area contributed by atoms with Crippen molar-refractivity contribution in [2.75, 3.05) is 19.7 Å². The van der Waals surface area contributed by atoms with Gasteiger partial charge in [-0.15, -0.1) is 0 Å². The highest BCUT2D eigenvalue weighted by atomic mass is 16.5. The summed E-state index contributed by atoms with van der Waals surface area (Å²) in [6.07, 6.45) is 6.03. The number of β-amino-alcohol motifs (C(OH)–C–C–N with tert-alkyl or cyclic N) is 1. The Morgan fingerprint density at radius 1 is 1.20 bits per heavy atom. The van der Waals surface area contributed by atoms with Crippen molar-refractivity contribution in [3.63, 3.8) is 0 Å². The van der Waals surface area contributed by atoms with Crippen LogP contribution in [0.15, 0.2) is 24.3 Å². The topological polar surface area (TPSA) is 32.7 Å². The van der Waals surface area contributed by atoms with Crippen molar-refractivity contribution in [2.24, 2.45) is 0 Å². The molecule has 110 valence electrons. The zero-order valence-corrected chi connectivity index (χ0v) is 12.1. The van der Waals surface area contributed by atoms with Crippen LogP contribution in [0.4, 0.5) is 0 Å². The number of hydrogen-bond acceptors (Lipinski definition) is 3. The monoisotopic (exact) mass is 275 g/mol. The Hall–Kier alpha value is -0.900. The molecule has 0 unspecified atom stereocenters. The number of aliphatic hydroxyl groups excluding tert-OH is 1. The molecule has 1 N–H and O–H groups in total. The Kier molecular flexibility index (Phi) is 4.71. The summed E-state index contributed by atoms with van der Waals surface area (Å²) in [5.74, 6) is 0. The molecule has 1 fully saturated rings. The van der Waals surface area contributed by atoms with Crippen LogP contribution in [0.5, 0.6) is 0 Å². The van der Waals surface area contributed by atoms with Gasteiger partial charge in [-0.25, -0.2) is 0 Å². The van der Waals surface area contributed by atoms with E-state index in [1.165, 1.54) is 36.8 Å². The molecule has 0 aromatic heterocycles. The Morgan fingerprint density at radius 2 is 1.95 bits per heavy atom. The summed E-state index contributed by atoms with van der Waals surface area (Å²) in [7, 11) is 0. The quantitative estimate of drug-likeness (QED) is 0.895. The Labute approximate surface area is 121 Å². The third-order valence-corrected chi connectivity index (χ3v) is 4.51. The van der Waals surface area contributed by atoms with Gasteiger partial charge in [0.25, 0.3) is 0 Å². The van der Waals surface area contributed by atoms with Crippen molar-refractivity contribution < 1.29 is 9.84 Å². The van der Waals surface area contributed by atoms with E-state index >= 15 is 0 Å². The van der Waals surface area contributed by atoms with Crippen LogP contribution in [0.2, 0.25) is 0 Å². The van der Waals surface area contributed by atoms with Gasteiger partial charge in [0.15, 0.2) is 0 Å². The third-order valence-electron chi connectivity index (χ3n) is 4.51. The van der Waals surface area contributed by atoms with Gasteiger partial charge in [0.05, 0.1) is 18.8 Å². The van der Waals surface area contributed by atoms with E-state index in [0.717, 1.165) is 26.1 Å². The van der Waals surface area contributed by atoms with Crippen LogP contribution in [0.3, 0.4) is 0 Å². The number of benzene rings is 1. The zero-order chi connectivity index (χ0) is 13.8. The third kappa shape index (κ3) is 3.60. The largest absolute Gasteiger partial charge is 0.389 e. The van der Waals surface area contributed by atoms with Crippen molar-refractivity contribution in [1.82, 2.24) is 4.90 Å². The second kappa shape index (κ2) is 6.70. The molecule has 1 atom stereocenters. The molecule has 1 aliphatic heterocycles. The Bertz CT molecular complexity index is 429. The number of aliphatic hydroxyl groups is 1. The van der Waals surface area contributed by atoms with Gasteiger partial charge in [0, 0.05) is 19.6 Å². The average molecular weight is 275 g/mol. The molecule has 20 heavy (non-hydrogen) atoms. The minimum Gasteiger partial charge on any atom is -0.389 e. The summed E-state index contributed by atoms with van der Waals surface area (Å²) in [6.45, 7) is 3.21. The fraction of sp³-hybridized carbons (Fsp3) is 0.647. The van der Waals surface area contributed by atoms with Crippen LogP contribution in [-0.4, -0.2) is 41.9 Å². The van der Waals surface area contributed by atoms with E-state index in [4.69, 9.17) is 4.74 Å². The SMILES string of the molecule is O[C@@H](COC1CCCC1)CN1CCc2ccccc2C1. The fourth-order valence-corrected chi connectivity index (χ4v) is 3.36. The molecule has 0 amide bonds. The van der Waals surface area contributed by atoms with Gasteiger partial charge in [0.1, 0.15) is 0 Å². The highest BCUT2D eigenvalue weighted by Crippen LogP contribution is 2.21. The van der Waals surface area contributed by atoms with Gasteiger partial charge in [-0.1, -0.05) is 37.1 Å². The summed E-state index contributed by atoms with van der Waals surface area (Å²) in [5.41, 5.74) is 2.86. The van der Waals surface area contributed by atoms with Gasteiger partial charge in [-0.2, -0.15) is 0 Å². The fourth-order valence-electron chi connectivity index (χ4n) is 3.36. The number of ether oxygens (including phenoxy) is 1. The summed E-state index contributed by atoms with van der Waals surface area (Å²) in [6, 6.07) is 8.62. The molecule has 0 spiro atoms. The average Bonchev–Trinajstić information content (AvgIpc) is 2.98. The van der Waals surface area contributed by atoms with E-state index in [2.05, 4.69) is 29.2 Å². The highest BCUT2D eigenvalue weighted by molar-refractivity contribution is 5.29. The molecule has 0 saturated heterocycles. The van der Waals surface area contributed by atoms with E-state index in [1.54, 1.807) is 0 Å². The number of hydrogen-bond donors (Lipinski definition) is 1. The van der Waals surface area contributed by atoms with Gasteiger partial charge >= 0.3 is 0 Å². The first-order valence-corrected chi connectivity index (χ1v) is 7.90. The first-order valence-electron chi connectivity index (χ1n) is 7.90. The summed E-state index contributed by atoms with van der Waals surface area (Å²) < 4.78 is 5.80. The summed E-state index contributed by atoms with van der Waals surface area (Å²) in [5, 5.41) is 10.1. The van der Waals surface area contributed by atoms with E-state index < -0.39 is 0 Å². The molecule has 3 rings (SSSR count). The van der Waals surface area contributed by atoms with Gasteiger partial charge < -0.3 is 9.84 Å². The minimum absolute atomic E-state index is 0.360. The molecule has 1 saturated carbocycles. The molecule has 2 aliphatic rings. The zero-order valence-electron chi connectivity index (χ0n) is 12.1. The van der Waals surface area contributed by atoms with Crippen molar-refractivity contribution >= 4 is 0 Å². The molecule has 0 radical (unpaired) electrons. The predicted octanol–water partition coefficient (Wildman–Crippen LogP) is 2.36. The molecule has 3 heteroatoms. The smallest absolute Gasteiger partial charge is 0.0900 e. The van der Waals surface area contributed by atoms with E-state index in [9.17, 15) is 5.11 Å². The van der Waals surface area contributed by atoms with Crippen LogP contribution in [0.25, 0.3) is 0 Å². The minimum atomic E-state index is -0.360. The molecule has 1 aliphatic carbocycles. The second-order valence-electron chi connectivity index (χ2n) is 6.15. The van der Waals surface area contributed by atoms with Crippen molar-refractivity contribution in [2.45, 2.75) is 50.9 Å². The van der Waals surface area contributed by atoms with E-state index in [1.807, 2.05) is 0 Å². The van der Waals surface area contributed by atoms with Crippen molar-refractivity contribution in [3.8, 4) is 0 Å². The Morgan fingerprint density at radius 3 is 2.75 bits per heavy atom. The number of nitrogens with zero attached hydrogens (tertiary/aromatic N) is 1. The van der Waals surface area contributed by atoms with E-state index in [-0.39, 0.29) is 6.10 Å². The first kappa shape index (κ1) is 14.1. The van der Waals surface area contributed by atoms with E-state index in [0.29, 0.717) is 12.7 Å². The molecule has 3 nitrogen and oxygen atoms in total. The standard InChI is InChI=1S/C17H25NO2/c19-16(13-20-17-7-3-4-8-17)12-18-10-9-14-5-1-2-6-15(14)11-18/h1-2,5-6,16-17,19H,3-4,7-13H2/t16-/m1/s1. The lowest BCUT2D eigenvalue weighted by molar-refractivity contribution is -0.0198. The number of fused-ring (bicyclic) bond motifs is 1. The van der Waals surface area contributed by atoms with Crippen LogP contribution < -0.4 is 0 Å². The molecule has 0 bridgehead atoms. The van der Waals surface area contributed by atoms with Crippen LogP contribution in [0, 0.1) is 0 Å². The molecule has 1 aromatic carbocycles. The van der Waals surface area contributed by atoms with Gasteiger partial charge in [-0.3, -0.25) is 4.90 Å². The maximum Gasteiger partial charge on any atom is 0.0900 e. The molecular formula is C17H25NO2. The Balaban J connectivity index is 1.44. The maximum atomic E-state index is 10.1. The van der Waals surface area contributed by atoms with Crippen molar-refractivity contribution in [1.29, 1.82) is 0 Å². The lowest BCUT2D eigenvalue weighted by Crippen LogP contribution is -2.38. The van der Waals surface area contributed by atoms with Crippen LogP contribution in [0.1, 0.15) is 36.8 Å². The lowest BCUT2D eigenvalue weighted by atomic mass is 10.00. The summed E-state index contributed by atoms with van der Waals surface area (Å²) >= 11 is 0.